The predicted molar refractivity (Wildman–Crippen MR) is 56.2 cm³/mol. The van der Waals surface area contributed by atoms with Crippen molar-refractivity contribution in [2.45, 2.75) is 13.0 Å². The quantitative estimate of drug-likeness (QED) is 0.763. The van der Waals surface area contributed by atoms with Gasteiger partial charge in [-0.25, -0.2) is 4.79 Å². The molecular formula is C10H15N3O3. The van der Waals surface area contributed by atoms with Crippen molar-refractivity contribution in [1.29, 1.82) is 0 Å². The van der Waals surface area contributed by atoms with Crippen LogP contribution in [0.15, 0.2) is 10.6 Å². The van der Waals surface area contributed by atoms with Gasteiger partial charge in [0.15, 0.2) is 11.5 Å². The molecule has 1 aromatic rings. The number of carboxylic acids is 1. The van der Waals surface area contributed by atoms with E-state index in [0.29, 0.717) is 12.3 Å². The largest absolute Gasteiger partial charge is 0.476 e. The summed E-state index contributed by atoms with van der Waals surface area (Å²) < 4.78 is 4.98. The maximum Gasteiger partial charge on any atom is 0.358 e. The first-order valence-electron chi connectivity index (χ1n) is 5.37. The normalized spacial score (nSPS) is 18.2. The van der Waals surface area contributed by atoms with E-state index in [-0.39, 0.29) is 5.69 Å². The van der Waals surface area contributed by atoms with Gasteiger partial charge in [0.2, 0.25) is 0 Å². The minimum absolute atomic E-state index is 0.0250. The van der Waals surface area contributed by atoms with Gasteiger partial charge in [-0.05, 0) is 19.5 Å². The molecule has 16 heavy (non-hydrogen) atoms. The molecule has 2 heterocycles. The van der Waals surface area contributed by atoms with E-state index in [4.69, 9.17) is 9.63 Å². The van der Waals surface area contributed by atoms with Gasteiger partial charge in [-0.15, -0.1) is 0 Å². The van der Waals surface area contributed by atoms with Gasteiger partial charge in [-0.1, -0.05) is 5.16 Å². The van der Waals surface area contributed by atoms with E-state index >= 15 is 0 Å². The van der Waals surface area contributed by atoms with Crippen LogP contribution in [0.5, 0.6) is 0 Å². The van der Waals surface area contributed by atoms with E-state index in [9.17, 15) is 4.79 Å². The molecule has 1 fully saturated rings. The van der Waals surface area contributed by atoms with Crippen molar-refractivity contribution < 1.29 is 14.4 Å². The Morgan fingerprint density at radius 1 is 1.56 bits per heavy atom. The molecule has 0 aliphatic carbocycles. The summed E-state index contributed by atoms with van der Waals surface area (Å²) in [5.74, 6) is -0.438. The monoisotopic (exact) mass is 225 g/mol. The first-order chi connectivity index (χ1) is 7.75. The molecule has 0 bridgehead atoms. The fraction of sp³-hybridized carbons (Fsp3) is 0.600. The van der Waals surface area contributed by atoms with E-state index < -0.39 is 5.97 Å². The highest BCUT2D eigenvalue weighted by Gasteiger charge is 2.14. The molecule has 0 saturated carbocycles. The number of hydrogen-bond acceptors (Lipinski definition) is 5. The number of aromatic nitrogens is 1. The Morgan fingerprint density at radius 3 is 3.19 bits per heavy atom. The molecule has 1 saturated heterocycles. The van der Waals surface area contributed by atoms with Crippen LogP contribution in [0.25, 0.3) is 0 Å². The lowest BCUT2D eigenvalue weighted by Gasteiger charge is -2.16. The van der Waals surface area contributed by atoms with E-state index in [1.807, 2.05) is 0 Å². The van der Waals surface area contributed by atoms with Gasteiger partial charge in [0.1, 0.15) is 0 Å². The Morgan fingerprint density at radius 2 is 2.44 bits per heavy atom. The third-order valence-corrected chi connectivity index (χ3v) is 2.59. The first-order valence-corrected chi connectivity index (χ1v) is 5.37. The van der Waals surface area contributed by atoms with Crippen molar-refractivity contribution in [3.05, 3.63) is 17.5 Å². The Balaban J connectivity index is 1.94. The lowest BCUT2D eigenvalue weighted by atomic mass is 10.3. The van der Waals surface area contributed by atoms with Crippen LogP contribution >= 0.6 is 0 Å². The Hall–Kier alpha value is -1.40. The number of nitrogens with zero attached hydrogens (tertiary/aromatic N) is 2. The van der Waals surface area contributed by atoms with Crippen molar-refractivity contribution >= 4 is 5.97 Å². The summed E-state index contributed by atoms with van der Waals surface area (Å²) in [7, 11) is 0. The van der Waals surface area contributed by atoms with Crippen LogP contribution < -0.4 is 5.32 Å². The summed E-state index contributed by atoms with van der Waals surface area (Å²) in [5.41, 5.74) is -0.0250. The molecular weight excluding hydrogens is 210 g/mol. The molecule has 2 N–H and O–H groups in total. The van der Waals surface area contributed by atoms with Crippen molar-refractivity contribution in [3.8, 4) is 0 Å². The van der Waals surface area contributed by atoms with Crippen LogP contribution in [-0.4, -0.2) is 47.3 Å². The van der Waals surface area contributed by atoms with Crippen LogP contribution in [0.1, 0.15) is 22.7 Å². The second kappa shape index (κ2) is 5.09. The third-order valence-electron chi connectivity index (χ3n) is 2.59. The molecule has 6 nitrogen and oxygen atoms in total. The highest BCUT2D eigenvalue weighted by atomic mass is 16.5. The highest BCUT2D eigenvalue weighted by Crippen LogP contribution is 2.08. The molecule has 6 heteroatoms. The second-order valence-electron chi connectivity index (χ2n) is 3.86. The number of carbonyl (C=O) groups is 1. The van der Waals surface area contributed by atoms with Crippen LogP contribution in [0.4, 0.5) is 0 Å². The fourth-order valence-electron chi connectivity index (χ4n) is 1.77. The summed E-state index contributed by atoms with van der Waals surface area (Å²) >= 11 is 0. The van der Waals surface area contributed by atoms with Crippen molar-refractivity contribution in [2.24, 2.45) is 0 Å². The molecule has 0 unspecified atom stereocenters. The maximum absolute atomic E-state index is 10.6. The van der Waals surface area contributed by atoms with Gasteiger partial charge in [-0.3, -0.25) is 4.90 Å². The molecule has 2 rings (SSSR count). The third kappa shape index (κ3) is 2.80. The van der Waals surface area contributed by atoms with E-state index in [1.165, 1.54) is 6.07 Å². The molecule has 88 valence electrons. The summed E-state index contributed by atoms with van der Waals surface area (Å²) in [6.45, 7) is 4.56. The van der Waals surface area contributed by atoms with Gasteiger partial charge in [0.25, 0.3) is 0 Å². The smallest absolute Gasteiger partial charge is 0.358 e. The average Bonchev–Trinajstić information content (AvgIpc) is 2.56. The Bertz CT molecular complexity index is 356. The molecule has 0 atom stereocenters. The zero-order valence-corrected chi connectivity index (χ0v) is 8.98. The summed E-state index contributed by atoms with van der Waals surface area (Å²) in [6, 6.07) is 1.49. The molecule has 0 radical (unpaired) electrons. The maximum atomic E-state index is 10.6. The molecule has 1 aromatic heterocycles. The van der Waals surface area contributed by atoms with Crippen LogP contribution in [0.3, 0.4) is 0 Å². The zero-order chi connectivity index (χ0) is 11.4. The Kier molecular flexibility index (Phi) is 3.53. The molecule has 0 amide bonds. The molecule has 1 aliphatic rings. The molecule has 0 aromatic carbocycles. The highest BCUT2D eigenvalue weighted by molar-refractivity contribution is 5.85. The van der Waals surface area contributed by atoms with Gasteiger partial charge in [0, 0.05) is 19.2 Å². The van der Waals surface area contributed by atoms with E-state index in [0.717, 1.165) is 32.6 Å². The number of nitrogens with one attached hydrogen (secondary N) is 1. The van der Waals surface area contributed by atoms with Gasteiger partial charge >= 0.3 is 5.97 Å². The minimum Gasteiger partial charge on any atom is -0.476 e. The lowest BCUT2D eigenvalue weighted by molar-refractivity contribution is 0.0685. The Labute approximate surface area is 93.2 Å². The molecule has 0 spiro atoms. The van der Waals surface area contributed by atoms with Crippen LogP contribution in [-0.2, 0) is 6.54 Å². The van der Waals surface area contributed by atoms with Crippen molar-refractivity contribution in [1.82, 2.24) is 15.4 Å². The lowest BCUT2D eigenvalue weighted by Crippen LogP contribution is -2.27. The van der Waals surface area contributed by atoms with Crippen molar-refractivity contribution in [2.75, 3.05) is 26.2 Å². The molecule has 1 aliphatic heterocycles. The van der Waals surface area contributed by atoms with Gasteiger partial charge in [0.05, 0.1) is 6.54 Å². The SMILES string of the molecule is O=C(O)c1cc(CN2CCCNCC2)on1. The number of hydrogen-bond donors (Lipinski definition) is 2. The first kappa shape index (κ1) is 11.1. The van der Waals surface area contributed by atoms with Crippen molar-refractivity contribution in [3.63, 3.8) is 0 Å². The minimum atomic E-state index is -1.05. The summed E-state index contributed by atoms with van der Waals surface area (Å²) in [5, 5.41) is 15.5. The van der Waals surface area contributed by atoms with Gasteiger partial charge in [-0.2, -0.15) is 0 Å². The standard InChI is InChI=1S/C10H15N3O3/c14-10(15)9-6-8(16-12-9)7-13-4-1-2-11-3-5-13/h6,11H,1-5,7H2,(H,14,15). The average molecular weight is 225 g/mol. The van der Waals surface area contributed by atoms with Gasteiger partial charge < -0.3 is 14.9 Å². The second-order valence-corrected chi connectivity index (χ2v) is 3.86. The number of carboxylic acid groups (broad SMARTS) is 1. The topological polar surface area (TPSA) is 78.6 Å². The fourth-order valence-corrected chi connectivity index (χ4v) is 1.77. The predicted octanol–water partition coefficient (Wildman–Crippen LogP) is 0.168. The van der Waals surface area contributed by atoms with E-state index in [1.54, 1.807) is 0 Å². The summed E-state index contributed by atoms with van der Waals surface area (Å²) in [6.07, 6.45) is 1.10. The summed E-state index contributed by atoms with van der Waals surface area (Å²) in [4.78, 5) is 12.8. The number of rotatable bonds is 3. The van der Waals surface area contributed by atoms with Crippen LogP contribution in [0, 0.1) is 0 Å². The van der Waals surface area contributed by atoms with E-state index in [2.05, 4.69) is 15.4 Å². The number of aromatic carboxylic acids is 1. The zero-order valence-electron chi connectivity index (χ0n) is 8.98. The van der Waals surface area contributed by atoms with Crippen LogP contribution in [0.2, 0.25) is 0 Å².